The molecule has 0 fully saturated rings. The van der Waals surface area contributed by atoms with Gasteiger partial charge in [0.05, 0.1) is 6.54 Å². The molecule has 0 aromatic heterocycles. The van der Waals surface area contributed by atoms with E-state index in [0.29, 0.717) is 6.54 Å². The molecule has 0 amide bonds. The third-order valence-corrected chi connectivity index (χ3v) is 3.16. The van der Waals surface area contributed by atoms with Crippen molar-refractivity contribution in [2.24, 2.45) is 5.41 Å². The maximum Gasteiger partial charge on any atom is 0.177 e. The van der Waals surface area contributed by atoms with Crippen LogP contribution >= 0.6 is 0 Å². The highest BCUT2D eigenvalue weighted by Gasteiger charge is 2.11. The van der Waals surface area contributed by atoms with Gasteiger partial charge in [0, 0.05) is 17.5 Å². The molecule has 0 atom stereocenters. The van der Waals surface area contributed by atoms with Gasteiger partial charge in [-0.1, -0.05) is 41.7 Å². The Bertz CT molecular complexity index is 609. The zero-order chi connectivity index (χ0) is 16.8. The first-order chi connectivity index (χ1) is 10.2. The van der Waals surface area contributed by atoms with Crippen LogP contribution in [0.4, 0.5) is 0 Å². The Hall–Kier alpha value is -1.85. The van der Waals surface area contributed by atoms with Gasteiger partial charge < -0.3 is 0 Å². The quantitative estimate of drug-likeness (QED) is 0.604. The van der Waals surface area contributed by atoms with Crippen molar-refractivity contribution < 1.29 is 4.79 Å². The lowest BCUT2D eigenvalue weighted by molar-refractivity contribution is 0.0951. The Morgan fingerprint density at radius 1 is 1.27 bits per heavy atom. The molecule has 0 saturated heterocycles. The molecule has 22 heavy (non-hydrogen) atoms. The van der Waals surface area contributed by atoms with Crippen molar-refractivity contribution in [3.05, 3.63) is 47.0 Å². The number of hydrogen-bond acceptors (Lipinski definition) is 2. The minimum Gasteiger partial charge on any atom is -0.295 e. The van der Waals surface area contributed by atoms with Gasteiger partial charge in [-0.3, -0.25) is 9.69 Å². The molecule has 0 unspecified atom stereocenters. The number of Topliss-reactive ketones (excluding diaryl/α,β-unsaturated/α-hetero) is 1. The van der Waals surface area contributed by atoms with Crippen LogP contribution in [0.15, 0.2) is 30.4 Å². The average Bonchev–Trinajstić information content (AvgIpc) is 2.36. The molecule has 0 heterocycles. The maximum absolute atomic E-state index is 12.3. The van der Waals surface area contributed by atoms with Crippen LogP contribution in [-0.2, 0) is 0 Å². The van der Waals surface area contributed by atoms with Crippen LogP contribution in [0.25, 0.3) is 0 Å². The smallest absolute Gasteiger partial charge is 0.177 e. The zero-order valence-corrected chi connectivity index (χ0v) is 14.7. The lowest BCUT2D eigenvalue weighted by Gasteiger charge is -2.14. The summed E-state index contributed by atoms with van der Waals surface area (Å²) in [6.07, 6.45) is 3.86. The SMILES string of the molecule is Cc1ccc(C(=O)CN(C)C/C=C/C#CC(C)(C)C)c(C)c1. The van der Waals surface area contributed by atoms with Gasteiger partial charge in [0.15, 0.2) is 5.78 Å². The number of aryl methyl sites for hydroxylation is 2. The van der Waals surface area contributed by atoms with Gasteiger partial charge in [-0.05, 0) is 53.3 Å². The van der Waals surface area contributed by atoms with Gasteiger partial charge in [0.2, 0.25) is 0 Å². The Labute approximate surface area is 135 Å². The van der Waals surface area contributed by atoms with Crippen LogP contribution in [-0.4, -0.2) is 30.8 Å². The molecular weight excluding hydrogens is 270 g/mol. The molecule has 0 aliphatic carbocycles. The third kappa shape index (κ3) is 6.74. The van der Waals surface area contributed by atoms with E-state index in [1.165, 1.54) is 5.56 Å². The van der Waals surface area contributed by atoms with Crippen molar-refractivity contribution in [3.8, 4) is 11.8 Å². The summed E-state index contributed by atoms with van der Waals surface area (Å²) in [6.45, 7) is 11.4. The number of carbonyl (C=O) groups is 1. The van der Waals surface area contributed by atoms with Crippen LogP contribution in [0.3, 0.4) is 0 Å². The highest BCUT2D eigenvalue weighted by Crippen LogP contribution is 2.12. The predicted molar refractivity (Wildman–Crippen MR) is 94.1 cm³/mol. The second-order valence-corrected chi connectivity index (χ2v) is 6.86. The Morgan fingerprint density at radius 3 is 2.55 bits per heavy atom. The van der Waals surface area contributed by atoms with E-state index >= 15 is 0 Å². The number of nitrogens with zero attached hydrogens (tertiary/aromatic N) is 1. The third-order valence-electron chi connectivity index (χ3n) is 3.16. The number of ketones is 1. The lowest BCUT2D eigenvalue weighted by Crippen LogP contribution is -2.26. The van der Waals surface area contributed by atoms with Crippen LogP contribution in [0.5, 0.6) is 0 Å². The van der Waals surface area contributed by atoms with E-state index in [1.807, 2.05) is 50.1 Å². The second-order valence-electron chi connectivity index (χ2n) is 6.86. The number of benzene rings is 1. The molecule has 0 saturated carbocycles. The molecule has 2 nitrogen and oxygen atoms in total. The fourth-order valence-electron chi connectivity index (χ4n) is 2.07. The van der Waals surface area contributed by atoms with Crippen molar-refractivity contribution in [3.63, 3.8) is 0 Å². The first-order valence-electron chi connectivity index (χ1n) is 7.66. The first-order valence-corrected chi connectivity index (χ1v) is 7.66. The monoisotopic (exact) mass is 297 g/mol. The fraction of sp³-hybridized carbons (Fsp3) is 0.450. The van der Waals surface area contributed by atoms with Crippen LogP contribution in [0, 0.1) is 31.1 Å². The highest BCUT2D eigenvalue weighted by molar-refractivity contribution is 5.98. The normalized spacial score (nSPS) is 11.6. The highest BCUT2D eigenvalue weighted by atomic mass is 16.1. The number of likely N-dealkylation sites (N-methyl/N-ethyl adjacent to an activating group) is 1. The predicted octanol–water partition coefficient (Wildman–Crippen LogP) is 4.02. The summed E-state index contributed by atoms with van der Waals surface area (Å²) >= 11 is 0. The molecule has 2 heteroatoms. The number of rotatable bonds is 5. The van der Waals surface area contributed by atoms with Crippen LogP contribution < -0.4 is 0 Å². The molecule has 118 valence electrons. The molecule has 0 N–H and O–H groups in total. The number of carbonyl (C=O) groups excluding carboxylic acids is 1. The van der Waals surface area contributed by atoms with Gasteiger partial charge in [-0.25, -0.2) is 0 Å². The van der Waals surface area contributed by atoms with Gasteiger partial charge in [-0.15, -0.1) is 0 Å². The molecule has 0 radical (unpaired) electrons. The summed E-state index contributed by atoms with van der Waals surface area (Å²) in [5.41, 5.74) is 3.07. The van der Waals surface area contributed by atoms with Crippen molar-refractivity contribution >= 4 is 5.78 Å². The van der Waals surface area contributed by atoms with Gasteiger partial charge >= 0.3 is 0 Å². The zero-order valence-electron chi connectivity index (χ0n) is 14.7. The molecule has 1 aromatic rings. The summed E-state index contributed by atoms with van der Waals surface area (Å²) in [7, 11) is 1.95. The largest absolute Gasteiger partial charge is 0.295 e. The summed E-state index contributed by atoms with van der Waals surface area (Å²) in [6, 6.07) is 5.96. The fourth-order valence-corrected chi connectivity index (χ4v) is 2.07. The topological polar surface area (TPSA) is 20.3 Å². The molecule has 0 aliphatic heterocycles. The number of hydrogen-bond donors (Lipinski definition) is 0. The summed E-state index contributed by atoms with van der Waals surface area (Å²) in [5, 5.41) is 0. The van der Waals surface area contributed by atoms with E-state index in [-0.39, 0.29) is 11.2 Å². The molecule has 0 bridgehead atoms. The van der Waals surface area contributed by atoms with Crippen LogP contribution in [0.1, 0.15) is 42.3 Å². The molecule has 0 spiro atoms. The Balaban J connectivity index is 2.54. The van der Waals surface area contributed by atoms with Crippen molar-refractivity contribution in [1.82, 2.24) is 4.90 Å². The van der Waals surface area contributed by atoms with Crippen LogP contribution in [0.2, 0.25) is 0 Å². The van der Waals surface area contributed by atoms with Gasteiger partial charge in [0.25, 0.3) is 0 Å². The molecular formula is C20H27NO. The summed E-state index contributed by atoms with van der Waals surface area (Å²) < 4.78 is 0. The summed E-state index contributed by atoms with van der Waals surface area (Å²) in [5.74, 6) is 6.35. The van der Waals surface area contributed by atoms with E-state index in [2.05, 4.69) is 38.7 Å². The van der Waals surface area contributed by atoms with E-state index in [1.54, 1.807) is 0 Å². The molecule has 0 aliphatic rings. The molecule has 1 aromatic carbocycles. The minimum absolute atomic E-state index is 0.0230. The van der Waals surface area contributed by atoms with E-state index in [9.17, 15) is 4.79 Å². The lowest BCUT2D eigenvalue weighted by atomic mass is 9.98. The van der Waals surface area contributed by atoms with Gasteiger partial charge in [0.1, 0.15) is 0 Å². The average molecular weight is 297 g/mol. The second kappa shape index (κ2) is 7.96. The van der Waals surface area contributed by atoms with Crippen molar-refractivity contribution in [2.75, 3.05) is 20.1 Å². The Kier molecular flexibility index (Phi) is 6.59. The number of allylic oxidation sites excluding steroid dienone is 1. The van der Waals surface area contributed by atoms with Crippen molar-refractivity contribution in [2.45, 2.75) is 34.6 Å². The van der Waals surface area contributed by atoms with E-state index in [0.717, 1.165) is 17.7 Å². The van der Waals surface area contributed by atoms with Crippen molar-refractivity contribution in [1.29, 1.82) is 0 Å². The van der Waals surface area contributed by atoms with Gasteiger partial charge in [-0.2, -0.15) is 0 Å². The van der Waals surface area contributed by atoms with E-state index < -0.39 is 0 Å². The first kappa shape index (κ1) is 18.2. The maximum atomic E-state index is 12.3. The van der Waals surface area contributed by atoms with E-state index in [4.69, 9.17) is 0 Å². The Morgan fingerprint density at radius 2 is 1.95 bits per heavy atom. The minimum atomic E-state index is 0.0230. The standard InChI is InChI=1S/C20H27NO/c1-16-10-11-18(17(2)14-16)19(22)15-21(6)13-9-7-8-12-20(3,4)5/h7,9-11,14H,13,15H2,1-6H3/b9-7+. The molecule has 1 rings (SSSR count). The summed E-state index contributed by atoms with van der Waals surface area (Å²) in [4.78, 5) is 14.3.